The van der Waals surface area contributed by atoms with Gasteiger partial charge in [0.25, 0.3) is 0 Å². The van der Waals surface area contributed by atoms with Crippen molar-refractivity contribution in [2.75, 3.05) is 7.11 Å². The molecule has 4 nitrogen and oxygen atoms in total. The first-order valence-corrected chi connectivity index (χ1v) is 6.83. The van der Waals surface area contributed by atoms with Crippen LogP contribution in [0.15, 0.2) is 28.7 Å². The standard InChI is InChI=1S/C14H17BrN2O2/c1-9-14(15)10(2)17(16-9)8-13(18)11-5-4-6-12(7-11)19-3/h4-7,13,18H,8H2,1-3H3. The third-order valence-electron chi connectivity index (χ3n) is 3.12. The Kier molecular flexibility index (Phi) is 4.27. The van der Waals surface area contributed by atoms with Gasteiger partial charge in [0.2, 0.25) is 0 Å². The zero-order chi connectivity index (χ0) is 14.0. The molecule has 1 heterocycles. The molecule has 2 rings (SSSR count). The molecular formula is C14H17BrN2O2. The molecule has 19 heavy (non-hydrogen) atoms. The van der Waals surface area contributed by atoms with Gasteiger partial charge < -0.3 is 9.84 Å². The van der Waals surface area contributed by atoms with Crippen LogP contribution in [0.1, 0.15) is 23.1 Å². The van der Waals surface area contributed by atoms with Gasteiger partial charge in [-0.05, 0) is 47.5 Å². The van der Waals surface area contributed by atoms with E-state index in [1.807, 2.05) is 42.8 Å². The highest BCUT2D eigenvalue weighted by molar-refractivity contribution is 9.10. The van der Waals surface area contributed by atoms with E-state index in [1.54, 1.807) is 7.11 Å². The van der Waals surface area contributed by atoms with Gasteiger partial charge in [0, 0.05) is 5.69 Å². The van der Waals surface area contributed by atoms with Crippen LogP contribution in [0.4, 0.5) is 0 Å². The Morgan fingerprint density at radius 3 is 2.74 bits per heavy atom. The van der Waals surface area contributed by atoms with E-state index in [-0.39, 0.29) is 0 Å². The van der Waals surface area contributed by atoms with Crippen LogP contribution in [-0.4, -0.2) is 22.0 Å². The van der Waals surface area contributed by atoms with E-state index in [1.165, 1.54) is 0 Å². The van der Waals surface area contributed by atoms with Crippen molar-refractivity contribution >= 4 is 15.9 Å². The van der Waals surface area contributed by atoms with Crippen LogP contribution in [0.2, 0.25) is 0 Å². The highest BCUT2D eigenvalue weighted by atomic mass is 79.9. The fraction of sp³-hybridized carbons (Fsp3) is 0.357. The quantitative estimate of drug-likeness (QED) is 0.940. The second-order valence-corrected chi connectivity index (χ2v) is 5.25. The molecule has 0 amide bonds. The second-order valence-electron chi connectivity index (χ2n) is 4.46. The largest absolute Gasteiger partial charge is 0.497 e. The van der Waals surface area contributed by atoms with Crippen LogP contribution in [0.3, 0.4) is 0 Å². The zero-order valence-electron chi connectivity index (χ0n) is 11.2. The second kappa shape index (κ2) is 5.75. The summed E-state index contributed by atoms with van der Waals surface area (Å²) in [6.07, 6.45) is -0.611. The molecule has 0 saturated carbocycles. The molecule has 0 aliphatic heterocycles. The van der Waals surface area contributed by atoms with Crippen molar-refractivity contribution < 1.29 is 9.84 Å². The van der Waals surface area contributed by atoms with Crippen molar-refractivity contribution in [2.45, 2.75) is 26.5 Å². The first kappa shape index (κ1) is 14.1. The number of aliphatic hydroxyl groups excluding tert-OH is 1. The summed E-state index contributed by atoms with van der Waals surface area (Å²) in [5.74, 6) is 0.742. The molecule has 0 aliphatic rings. The minimum atomic E-state index is -0.611. The van der Waals surface area contributed by atoms with Gasteiger partial charge in [-0.15, -0.1) is 0 Å². The molecule has 0 bridgehead atoms. The number of aryl methyl sites for hydroxylation is 1. The predicted molar refractivity (Wildman–Crippen MR) is 77.4 cm³/mol. The summed E-state index contributed by atoms with van der Waals surface area (Å²) in [5, 5.41) is 14.7. The fourth-order valence-corrected chi connectivity index (χ4v) is 2.25. The summed E-state index contributed by atoms with van der Waals surface area (Å²) in [5.41, 5.74) is 2.76. The molecule has 0 aliphatic carbocycles. The third-order valence-corrected chi connectivity index (χ3v) is 4.27. The van der Waals surface area contributed by atoms with E-state index >= 15 is 0 Å². The molecule has 1 atom stereocenters. The van der Waals surface area contributed by atoms with Gasteiger partial charge in [0.1, 0.15) is 5.75 Å². The summed E-state index contributed by atoms with van der Waals surface area (Å²) in [6.45, 7) is 4.33. The Morgan fingerprint density at radius 2 is 2.16 bits per heavy atom. The van der Waals surface area contributed by atoms with Crippen LogP contribution in [0, 0.1) is 13.8 Å². The number of hydrogen-bond acceptors (Lipinski definition) is 3. The molecule has 0 spiro atoms. The lowest BCUT2D eigenvalue weighted by molar-refractivity contribution is 0.150. The van der Waals surface area contributed by atoms with E-state index in [9.17, 15) is 5.11 Å². The SMILES string of the molecule is COc1cccc(C(O)Cn2nc(C)c(Br)c2C)c1. The van der Waals surface area contributed by atoms with Gasteiger partial charge in [0.05, 0.1) is 29.9 Å². The van der Waals surface area contributed by atoms with E-state index in [0.29, 0.717) is 6.54 Å². The Hall–Kier alpha value is -1.33. The maximum absolute atomic E-state index is 10.3. The van der Waals surface area contributed by atoms with E-state index in [0.717, 1.165) is 27.2 Å². The lowest BCUT2D eigenvalue weighted by Crippen LogP contribution is -2.11. The molecule has 5 heteroatoms. The molecule has 1 aromatic heterocycles. The van der Waals surface area contributed by atoms with E-state index in [2.05, 4.69) is 21.0 Å². The molecular weight excluding hydrogens is 308 g/mol. The number of nitrogens with zero attached hydrogens (tertiary/aromatic N) is 2. The highest BCUT2D eigenvalue weighted by Gasteiger charge is 2.14. The first-order chi connectivity index (χ1) is 9.02. The molecule has 1 aromatic carbocycles. The van der Waals surface area contributed by atoms with Crippen LogP contribution in [0.25, 0.3) is 0 Å². The summed E-state index contributed by atoms with van der Waals surface area (Å²) in [4.78, 5) is 0. The van der Waals surface area contributed by atoms with Crippen LogP contribution < -0.4 is 4.74 Å². The van der Waals surface area contributed by atoms with Crippen LogP contribution in [-0.2, 0) is 6.54 Å². The van der Waals surface area contributed by atoms with Gasteiger partial charge >= 0.3 is 0 Å². The van der Waals surface area contributed by atoms with Crippen molar-refractivity contribution in [1.82, 2.24) is 9.78 Å². The summed E-state index contributed by atoms with van der Waals surface area (Å²) < 4.78 is 7.96. The number of ether oxygens (including phenoxy) is 1. The average Bonchev–Trinajstić information content (AvgIpc) is 2.66. The van der Waals surface area contributed by atoms with Gasteiger partial charge in [-0.25, -0.2) is 0 Å². The minimum absolute atomic E-state index is 0.422. The van der Waals surface area contributed by atoms with Gasteiger partial charge in [-0.1, -0.05) is 12.1 Å². The van der Waals surface area contributed by atoms with Gasteiger partial charge in [-0.2, -0.15) is 5.10 Å². The molecule has 1 N–H and O–H groups in total. The molecule has 0 saturated heterocycles. The predicted octanol–water partition coefficient (Wildman–Crippen LogP) is 3.00. The monoisotopic (exact) mass is 324 g/mol. The first-order valence-electron chi connectivity index (χ1n) is 6.04. The Bertz CT molecular complexity index is 581. The number of benzene rings is 1. The smallest absolute Gasteiger partial charge is 0.119 e. The molecule has 0 fully saturated rings. The van der Waals surface area contributed by atoms with E-state index < -0.39 is 6.10 Å². The zero-order valence-corrected chi connectivity index (χ0v) is 12.8. The maximum Gasteiger partial charge on any atom is 0.119 e. The fourth-order valence-electron chi connectivity index (χ4n) is 1.97. The summed E-state index contributed by atoms with van der Waals surface area (Å²) in [6, 6.07) is 7.45. The van der Waals surface area contributed by atoms with Crippen molar-refractivity contribution in [3.63, 3.8) is 0 Å². The highest BCUT2D eigenvalue weighted by Crippen LogP contribution is 2.24. The van der Waals surface area contributed by atoms with Crippen LogP contribution in [0.5, 0.6) is 5.75 Å². The number of aliphatic hydroxyl groups is 1. The number of rotatable bonds is 4. The Morgan fingerprint density at radius 1 is 1.42 bits per heavy atom. The molecule has 102 valence electrons. The third kappa shape index (κ3) is 2.98. The van der Waals surface area contributed by atoms with Gasteiger partial charge in [-0.3, -0.25) is 4.68 Å². The summed E-state index contributed by atoms with van der Waals surface area (Å²) >= 11 is 3.48. The number of hydrogen-bond donors (Lipinski definition) is 1. The van der Waals surface area contributed by atoms with E-state index in [4.69, 9.17) is 4.74 Å². The molecule has 1 unspecified atom stereocenters. The van der Waals surface area contributed by atoms with Crippen molar-refractivity contribution in [3.05, 3.63) is 45.7 Å². The number of aromatic nitrogens is 2. The normalized spacial score (nSPS) is 12.5. The lowest BCUT2D eigenvalue weighted by Gasteiger charge is -2.13. The van der Waals surface area contributed by atoms with Crippen molar-refractivity contribution in [2.24, 2.45) is 0 Å². The molecule has 2 aromatic rings. The van der Waals surface area contributed by atoms with Crippen molar-refractivity contribution in [1.29, 1.82) is 0 Å². The minimum Gasteiger partial charge on any atom is -0.497 e. The van der Waals surface area contributed by atoms with Gasteiger partial charge in [0.15, 0.2) is 0 Å². The summed E-state index contributed by atoms with van der Waals surface area (Å²) in [7, 11) is 1.61. The van der Waals surface area contributed by atoms with Crippen LogP contribution >= 0.6 is 15.9 Å². The number of methoxy groups -OCH3 is 1. The Labute approximate surface area is 121 Å². The molecule has 0 radical (unpaired) electrons. The maximum atomic E-state index is 10.3. The van der Waals surface area contributed by atoms with Crippen molar-refractivity contribution in [3.8, 4) is 5.75 Å². The number of halogens is 1. The Balaban J connectivity index is 2.20. The average molecular weight is 325 g/mol. The lowest BCUT2D eigenvalue weighted by atomic mass is 10.1. The topological polar surface area (TPSA) is 47.3 Å².